The fraction of sp³-hybridized carbons (Fsp3) is 0.250. The van der Waals surface area contributed by atoms with Crippen LogP contribution in [0.4, 0.5) is 5.69 Å². The Labute approximate surface area is 123 Å². The second kappa shape index (κ2) is 5.63. The van der Waals surface area contributed by atoms with Crippen molar-refractivity contribution in [1.29, 1.82) is 0 Å². The smallest absolute Gasteiger partial charge is 0.143 e. The lowest BCUT2D eigenvalue weighted by molar-refractivity contribution is 0.323. The standard InChI is InChI=1S/C16H16ClNO2/c17-13-2-3-14(18)16(10-13)20-7-5-11-1-4-15-12(9-11)6-8-19-15/h1-4,9-10H,5-8,18H2. The molecule has 4 heteroatoms. The van der Waals surface area contributed by atoms with Gasteiger partial charge in [-0.15, -0.1) is 0 Å². The minimum Gasteiger partial charge on any atom is -0.493 e. The molecule has 0 saturated carbocycles. The van der Waals surface area contributed by atoms with Gasteiger partial charge in [0.15, 0.2) is 0 Å². The van der Waals surface area contributed by atoms with E-state index >= 15 is 0 Å². The van der Waals surface area contributed by atoms with Crippen molar-refractivity contribution in [3.8, 4) is 11.5 Å². The van der Waals surface area contributed by atoms with Crippen molar-refractivity contribution in [3.05, 3.63) is 52.5 Å². The third-order valence-corrected chi connectivity index (χ3v) is 3.61. The number of halogens is 1. The van der Waals surface area contributed by atoms with E-state index in [1.165, 1.54) is 11.1 Å². The Balaban J connectivity index is 1.61. The zero-order chi connectivity index (χ0) is 13.9. The third-order valence-electron chi connectivity index (χ3n) is 3.38. The molecule has 0 bridgehead atoms. The summed E-state index contributed by atoms with van der Waals surface area (Å²) >= 11 is 5.93. The topological polar surface area (TPSA) is 44.5 Å². The van der Waals surface area contributed by atoms with E-state index in [0.717, 1.165) is 25.2 Å². The van der Waals surface area contributed by atoms with Crippen LogP contribution in [0.15, 0.2) is 36.4 Å². The average molecular weight is 290 g/mol. The lowest BCUT2D eigenvalue weighted by Crippen LogP contribution is -2.03. The Hall–Kier alpha value is -1.87. The van der Waals surface area contributed by atoms with Gasteiger partial charge in [0.2, 0.25) is 0 Å². The highest BCUT2D eigenvalue weighted by atomic mass is 35.5. The number of nitrogens with two attached hydrogens (primary N) is 1. The average Bonchev–Trinajstić information content (AvgIpc) is 2.90. The Morgan fingerprint density at radius 3 is 3.00 bits per heavy atom. The Morgan fingerprint density at radius 1 is 1.20 bits per heavy atom. The highest BCUT2D eigenvalue weighted by Gasteiger charge is 2.11. The van der Waals surface area contributed by atoms with Crippen LogP contribution >= 0.6 is 11.6 Å². The van der Waals surface area contributed by atoms with Crippen LogP contribution in [0, 0.1) is 0 Å². The number of hydrogen-bond acceptors (Lipinski definition) is 3. The normalized spacial score (nSPS) is 12.8. The summed E-state index contributed by atoms with van der Waals surface area (Å²) in [6, 6.07) is 11.6. The van der Waals surface area contributed by atoms with E-state index in [0.29, 0.717) is 23.1 Å². The van der Waals surface area contributed by atoms with Crippen LogP contribution in [0.3, 0.4) is 0 Å². The highest BCUT2D eigenvalue weighted by Crippen LogP contribution is 2.27. The van der Waals surface area contributed by atoms with Crippen molar-refractivity contribution >= 4 is 17.3 Å². The molecule has 2 aromatic carbocycles. The van der Waals surface area contributed by atoms with Gasteiger partial charge in [0, 0.05) is 23.9 Å². The number of rotatable bonds is 4. The molecular weight excluding hydrogens is 274 g/mol. The van der Waals surface area contributed by atoms with Crippen molar-refractivity contribution in [2.75, 3.05) is 18.9 Å². The van der Waals surface area contributed by atoms with E-state index in [2.05, 4.69) is 12.1 Å². The molecule has 0 fully saturated rings. The SMILES string of the molecule is Nc1ccc(Cl)cc1OCCc1ccc2c(c1)CCO2. The van der Waals surface area contributed by atoms with Crippen LogP contribution in [-0.4, -0.2) is 13.2 Å². The molecule has 20 heavy (non-hydrogen) atoms. The fourth-order valence-electron chi connectivity index (χ4n) is 2.31. The Bertz CT molecular complexity index is 628. The van der Waals surface area contributed by atoms with Crippen LogP contribution < -0.4 is 15.2 Å². The van der Waals surface area contributed by atoms with Crippen molar-refractivity contribution in [2.24, 2.45) is 0 Å². The number of nitrogen functional groups attached to an aromatic ring is 1. The predicted molar refractivity (Wildman–Crippen MR) is 80.7 cm³/mol. The fourth-order valence-corrected chi connectivity index (χ4v) is 2.47. The number of benzene rings is 2. The Morgan fingerprint density at radius 2 is 2.10 bits per heavy atom. The van der Waals surface area contributed by atoms with Crippen LogP contribution in [-0.2, 0) is 12.8 Å². The van der Waals surface area contributed by atoms with Crippen LogP contribution in [0.25, 0.3) is 0 Å². The van der Waals surface area contributed by atoms with Gasteiger partial charge in [-0.25, -0.2) is 0 Å². The molecule has 0 aliphatic carbocycles. The molecule has 3 rings (SSSR count). The van der Waals surface area contributed by atoms with Crippen LogP contribution in [0.2, 0.25) is 5.02 Å². The monoisotopic (exact) mass is 289 g/mol. The zero-order valence-electron chi connectivity index (χ0n) is 11.1. The molecule has 3 nitrogen and oxygen atoms in total. The first-order chi connectivity index (χ1) is 9.72. The van der Waals surface area contributed by atoms with Crippen LogP contribution in [0.1, 0.15) is 11.1 Å². The summed E-state index contributed by atoms with van der Waals surface area (Å²) in [7, 11) is 0. The molecule has 0 radical (unpaired) electrons. The predicted octanol–water partition coefficient (Wildman–Crippen LogP) is 3.48. The van der Waals surface area contributed by atoms with Crippen molar-refractivity contribution < 1.29 is 9.47 Å². The van der Waals surface area contributed by atoms with Gasteiger partial charge in [-0.05, 0) is 29.3 Å². The summed E-state index contributed by atoms with van der Waals surface area (Å²) < 4.78 is 11.2. The lowest BCUT2D eigenvalue weighted by Gasteiger charge is -2.09. The van der Waals surface area contributed by atoms with E-state index < -0.39 is 0 Å². The summed E-state index contributed by atoms with van der Waals surface area (Å²) in [5.74, 6) is 1.65. The van der Waals surface area contributed by atoms with Gasteiger partial charge in [-0.2, -0.15) is 0 Å². The van der Waals surface area contributed by atoms with E-state index in [1.54, 1.807) is 18.2 Å². The van der Waals surface area contributed by atoms with Crippen molar-refractivity contribution in [1.82, 2.24) is 0 Å². The van der Waals surface area contributed by atoms with Crippen molar-refractivity contribution in [3.63, 3.8) is 0 Å². The second-order valence-electron chi connectivity index (χ2n) is 4.82. The summed E-state index contributed by atoms with van der Waals surface area (Å²) in [6.07, 6.45) is 1.82. The number of ether oxygens (including phenoxy) is 2. The Kier molecular flexibility index (Phi) is 3.70. The highest BCUT2D eigenvalue weighted by molar-refractivity contribution is 6.30. The van der Waals surface area contributed by atoms with Gasteiger partial charge in [0.1, 0.15) is 11.5 Å². The number of hydrogen-bond donors (Lipinski definition) is 1. The maximum absolute atomic E-state index is 5.93. The molecule has 0 unspecified atom stereocenters. The first-order valence-corrected chi connectivity index (χ1v) is 7.02. The third kappa shape index (κ3) is 2.83. The summed E-state index contributed by atoms with van der Waals surface area (Å²) in [6.45, 7) is 1.36. The number of fused-ring (bicyclic) bond motifs is 1. The van der Waals surface area contributed by atoms with Crippen molar-refractivity contribution in [2.45, 2.75) is 12.8 Å². The molecule has 1 aliphatic rings. The summed E-state index contributed by atoms with van der Waals surface area (Å²) in [4.78, 5) is 0. The molecule has 0 spiro atoms. The minimum atomic E-state index is 0.574. The van der Waals surface area contributed by atoms with E-state index in [-0.39, 0.29) is 0 Å². The summed E-state index contributed by atoms with van der Waals surface area (Å²) in [5.41, 5.74) is 8.98. The maximum Gasteiger partial charge on any atom is 0.143 e. The van der Waals surface area contributed by atoms with Gasteiger partial charge >= 0.3 is 0 Å². The second-order valence-corrected chi connectivity index (χ2v) is 5.26. The van der Waals surface area contributed by atoms with Gasteiger partial charge in [-0.3, -0.25) is 0 Å². The van der Waals surface area contributed by atoms with E-state index in [4.69, 9.17) is 26.8 Å². The molecule has 1 heterocycles. The first-order valence-electron chi connectivity index (χ1n) is 6.65. The van der Waals surface area contributed by atoms with Gasteiger partial charge < -0.3 is 15.2 Å². The molecular formula is C16H16ClNO2. The molecule has 2 N–H and O–H groups in total. The molecule has 0 atom stereocenters. The molecule has 2 aromatic rings. The van der Waals surface area contributed by atoms with Crippen LogP contribution in [0.5, 0.6) is 11.5 Å². The first kappa shape index (κ1) is 13.1. The molecule has 0 aromatic heterocycles. The molecule has 0 amide bonds. The molecule has 0 saturated heterocycles. The van der Waals surface area contributed by atoms with Gasteiger partial charge in [0.25, 0.3) is 0 Å². The quantitative estimate of drug-likeness (QED) is 0.877. The van der Waals surface area contributed by atoms with E-state index in [1.807, 2.05) is 6.07 Å². The number of anilines is 1. The molecule has 104 valence electrons. The maximum atomic E-state index is 5.93. The molecule has 1 aliphatic heterocycles. The van der Waals surface area contributed by atoms with Gasteiger partial charge in [-0.1, -0.05) is 23.7 Å². The van der Waals surface area contributed by atoms with E-state index in [9.17, 15) is 0 Å². The summed E-state index contributed by atoms with van der Waals surface area (Å²) in [5, 5.41) is 0.629. The van der Waals surface area contributed by atoms with Gasteiger partial charge in [0.05, 0.1) is 18.9 Å². The zero-order valence-corrected chi connectivity index (χ0v) is 11.8. The lowest BCUT2D eigenvalue weighted by atomic mass is 10.1. The minimum absolute atomic E-state index is 0.574. The largest absolute Gasteiger partial charge is 0.493 e.